The van der Waals surface area contributed by atoms with Crippen molar-refractivity contribution in [3.8, 4) is 5.75 Å². The minimum atomic E-state index is -3.97. The summed E-state index contributed by atoms with van der Waals surface area (Å²) in [6.07, 6.45) is 4.06. The van der Waals surface area contributed by atoms with E-state index in [1.54, 1.807) is 18.2 Å². The Morgan fingerprint density at radius 2 is 1.81 bits per heavy atom. The predicted octanol–water partition coefficient (Wildman–Crippen LogP) is 4.04. The van der Waals surface area contributed by atoms with E-state index in [2.05, 4.69) is 5.32 Å². The molecule has 2 aromatic carbocycles. The Labute approximate surface area is 157 Å². The van der Waals surface area contributed by atoms with Gasteiger partial charge in [0.05, 0.1) is 0 Å². The van der Waals surface area contributed by atoms with Crippen molar-refractivity contribution >= 4 is 32.7 Å². The second-order valence-corrected chi connectivity index (χ2v) is 8.16. The number of amides is 1. The topological polar surface area (TPSA) is 85.6 Å². The van der Waals surface area contributed by atoms with E-state index in [-0.39, 0.29) is 16.6 Å². The first-order chi connectivity index (χ1) is 12.9. The van der Waals surface area contributed by atoms with Crippen LogP contribution in [0, 0.1) is 0 Å². The molecule has 4 rings (SSSR count). The van der Waals surface area contributed by atoms with Gasteiger partial charge in [0.1, 0.15) is 22.0 Å². The number of fused-ring (bicyclic) bond motifs is 3. The van der Waals surface area contributed by atoms with E-state index < -0.39 is 10.1 Å². The van der Waals surface area contributed by atoms with Crippen LogP contribution in [0.15, 0.2) is 51.8 Å². The molecule has 0 unspecified atom stereocenters. The number of anilines is 1. The molecule has 1 N–H and O–H groups in total. The number of hydrogen-bond acceptors (Lipinski definition) is 5. The van der Waals surface area contributed by atoms with Gasteiger partial charge in [0.25, 0.3) is 0 Å². The molecule has 1 aliphatic rings. The molecule has 0 atom stereocenters. The Hall–Kier alpha value is -2.80. The van der Waals surface area contributed by atoms with Crippen molar-refractivity contribution in [3.05, 3.63) is 53.8 Å². The maximum atomic E-state index is 12.6. The van der Waals surface area contributed by atoms with E-state index in [4.69, 9.17) is 8.60 Å². The summed E-state index contributed by atoms with van der Waals surface area (Å²) in [7, 11) is -3.97. The van der Waals surface area contributed by atoms with Crippen LogP contribution < -0.4 is 9.50 Å². The molecule has 0 saturated heterocycles. The molecule has 6 nitrogen and oxygen atoms in total. The van der Waals surface area contributed by atoms with Crippen LogP contribution in [-0.2, 0) is 27.8 Å². The van der Waals surface area contributed by atoms with Crippen LogP contribution in [0.1, 0.15) is 31.1 Å². The molecule has 0 fully saturated rings. The summed E-state index contributed by atoms with van der Waals surface area (Å²) in [4.78, 5) is 11.1. The fourth-order valence-electron chi connectivity index (χ4n) is 3.38. The molecule has 1 aliphatic carbocycles. The number of benzene rings is 2. The quantitative estimate of drug-likeness (QED) is 0.685. The minimum Gasteiger partial charge on any atom is -0.461 e. The zero-order valence-corrected chi connectivity index (χ0v) is 15.6. The molecular formula is C20H19NO5S. The van der Waals surface area contributed by atoms with Gasteiger partial charge in [-0.15, -0.1) is 0 Å². The van der Waals surface area contributed by atoms with Crippen molar-refractivity contribution in [2.45, 2.75) is 37.5 Å². The summed E-state index contributed by atoms with van der Waals surface area (Å²) < 4.78 is 36.3. The van der Waals surface area contributed by atoms with Crippen LogP contribution in [0.3, 0.4) is 0 Å². The van der Waals surface area contributed by atoms with Crippen molar-refractivity contribution in [2.24, 2.45) is 0 Å². The first-order valence-corrected chi connectivity index (χ1v) is 10.2. The lowest BCUT2D eigenvalue weighted by molar-refractivity contribution is -0.114. The van der Waals surface area contributed by atoms with E-state index >= 15 is 0 Å². The smallest absolute Gasteiger partial charge is 0.339 e. The zero-order valence-electron chi connectivity index (χ0n) is 14.8. The SMILES string of the molecule is CC(=O)Nc1ccc(S(=O)(=O)Oc2ccc3oc4c(c3c2)CCCC4)cc1. The predicted molar refractivity (Wildman–Crippen MR) is 101 cm³/mol. The van der Waals surface area contributed by atoms with Crippen molar-refractivity contribution in [2.75, 3.05) is 5.32 Å². The van der Waals surface area contributed by atoms with Gasteiger partial charge in [-0.1, -0.05) is 0 Å². The van der Waals surface area contributed by atoms with E-state index in [1.807, 2.05) is 0 Å². The molecular weight excluding hydrogens is 366 g/mol. The first kappa shape index (κ1) is 17.6. The highest BCUT2D eigenvalue weighted by molar-refractivity contribution is 7.87. The molecule has 0 radical (unpaired) electrons. The summed E-state index contributed by atoms with van der Waals surface area (Å²) in [5.41, 5.74) is 2.43. The Kier molecular flexibility index (Phi) is 4.39. The lowest BCUT2D eigenvalue weighted by Crippen LogP contribution is -2.10. The number of nitrogens with one attached hydrogen (secondary N) is 1. The fourth-order valence-corrected chi connectivity index (χ4v) is 4.30. The second kappa shape index (κ2) is 6.74. The molecule has 140 valence electrons. The number of carbonyl (C=O) groups is 1. The molecule has 1 amide bonds. The fraction of sp³-hybridized carbons (Fsp3) is 0.250. The molecule has 0 bridgehead atoms. The van der Waals surface area contributed by atoms with Gasteiger partial charge >= 0.3 is 10.1 Å². The summed E-state index contributed by atoms with van der Waals surface area (Å²) in [5, 5.41) is 3.51. The molecule has 0 saturated carbocycles. The Bertz CT molecular complexity index is 1110. The summed E-state index contributed by atoms with van der Waals surface area (Å²) in [5.74, 6) is 1.02. The zero-order chi connectivity index (χ0) is 19.0. The van der Waals surface area contributed by atoms with Gasteiger partial charge in [0.15, 0.2) is 0 Å². The number of rotatable bonds is 4. The minimum absolute atomic E-state index is 0.0194. The largest absolute Gasteiger partial charge is 0.461 e. The third kappa shape index (κ3) is 3.55. The Balaban J connectivity index is 1.61. The van der Waals surface area contributed by atoms with Crippen LogP contribution in [0.25, 0.3) is 11.0 Å². The van der Waals surface area contributed by atoms with Gasteiger partial charge in [-0.3, -0.25) is 4.79 Å². The van der Waals surface area contributed by atoms with Crippen molar-refractivity contribution in [3.63, 3.8) is 0 Å². The van der Waals surface area contributed by atoms with Gasteiger partial charge in [0.2, 0.25) is 5.91 Å². The highest BCUT2D eigenvalue weighted by atomic mass is 32.2. The van der Waals surface area contributed by atoms with Crippen molar-refractivity contribution in [1.29, 1.82) is 0 Å². The summed E-state index contributed by atoms with van der Waals surface area (Å²) in [6.45, 7) is 1.39. The second-order valence-electron chi connectivity index (χ2n) is 6.61. The maximum Gasteiger partial charge on any atom is 0.339 e. The van der Waals surface area contributed by atoms with Gasteiger partial charge in [0, 0.05) is 30.0 Å². The lowest BCUT2D eigenvalue weighted by atomic mass is 9.96. The van der Waals surface area contributed by atoms with Crippen molar-refractivity contribution in [1.82, 2.24) is 0 Å². The van der Waals surface area contributed by atoms with Crippen molar-refractivity contribution < 1.29 is 21.8 Å². The van der Waals surface area contributed by atoms with Crippen LogP contribution in [0.4, 0.5) is 5.69 Å². The highest BCUT2D eigenvalue weighted by Gasteiger charge is 2.21. The molecule has 1 heterocycles. The van der Waals surface area contributed by atoms with Crippen LogP contribution in [0.5, 0.6) is 5.75 Å². The molecule has 3 aromatic rings. The summed E-state index contributed by atoms with van der Waals surface area (Å²) in [6, 6.07) is 10.9. The molecule has 1 aromatic heterocycles. The van der Waals surface area contributed by atoms with Crippen LogP contribution in [0.2, 0.25) is 0 Å². The van der Waals surface area contributed by atoms with Crippen LogP contribution >= 0.6 is 0 Å². The van der Waals surface area contributed by atoms with Gasteiger partial charge in [-0.2, -0.15) is 8.42 Å². The van der Waals surface area contributed by atoms with Gasteiger partial charge in [-0.25, -0.2) is 0 Å². The average Bonchev–Trinajstić information content (AvgIpc) is 2.99. The number of furan rings is 1. The van der Waals surface area contributed by atoms with Gasteiger partial charge in [-0.05, 0) is 61.7 Å². The molecule has 0 aliphatic heterocycles. The lowest BCUT2D eigenvalue weighted by Gasteiger charge is -2.10. The van der Waals surface area contributed by atoms with E-state index in [9.17, 15) is 13.2 Å². The van der Waals surface area contributed by atoms with E-state index in [0.29, 0.717) is 5.69 Å². The van der Waals surface area contributed by atoms with E-state index in [0.717, 1.165) is 48.0 Å². The first-order valence-electron chi connectivity index (χ1n) is 8.79. The standard InChI is InChI=1S/C20H19NO5S/c1-13(22)21-14-6-9-16(10-7-14)27(23,24)26-15-8-11-20-18(12-15)17-4-2-3-5-19(17)25-20/h6-12H,2-5H2,1H3,(H,21,22). The monoisotopic (exact) mass is 385 g/mol. The number of aryl methyl sites for hydroxylation is 2. The summed E-state index contributed by atoms with van der Waals surface area (Å²) >= 11 is 0. The molecule has 27 heavy (non-hydrogen) atoms. The van der Waals surface area contributed by atoms with Crippen LogP contribution in [-0.4, -0.2) is 14.3 Å². The maximum absolute atomic E-state index is 12.6. The normalized spacial score (nSPS) is 14.0. The third-order valence-electron chi connectivity index (χ3n) is 4.60. The number of hydrogen-bond donors (Lipinski definition) is 1. The van der Waals surface area contributed by atoms with Gasteiger partial charge < -0.3 is 13.9 Å². The molecule has 0 spiro atoms. The van der Waals surface area contributed by atoms with E-state index in [1.165, 1.54) is 31.2 Å². The highest BCUT2D eigenvalue weighted by Crippen LogP contribution is 2.34. The average molecular weight is 385 g/mol. The Morgan fingerprint density at radius 3 is 2.56 bits per heavy atom. The number of carbonyl (C=O) groups excluding carboxylic acids is 1. The third-order valence-corrected chi connectivity index (χ3v) is 5.86. The molecule has 7 heteroatoms. The Morgan fingerprint density at radius 1 is 1.07 bits per heavy atom.